The number of alkyl halides is 3. The van der Waals surface area contributed by atoms with Crippen LogP contribution in [0.2, 0.25) is 0 Å². The zero-order chi connectivity index (χ0) is 21.3. The van der Waals surface area contributed by atoms with Gasteiger partial charge in [-0.1, -0.05) is 12.1 Å². The van der Waals surface area contributed by atoms with Gasteiger partial charge in [-0.2, -0.15) is 5.10 Å². The lowest BCUT2D eigenvalue weighted by molar-refractivity contribution is -0.274. The van der Waals surface area contributed by atoms with Crippen molar-refractivity contribution in [3.63, 3.8) is 0 Å². The number of nitrogens with two attached hydrogens (primary N) is 1. The van der Waals surface area contributed by atoms with Crippen molar-refractivity contribution in [2.45, 2.75) is 12.9 Å². The first-order valence-corrected chi connectivity index (χ1v) is 8.53. The van der Waals surface area contributed by atoms with Crippen LogP contribution >= 0.6 is 0 Å². The Morgan fingerprint density at radius 3 is 2.21 bits per heavy atom. The summed E-state index contributed by atoms with van der Waals surface area (Å²) < 4.78 is 56.7. The molecule has 0 aliphatic heterocycles. The normalized spacial score (nSPS) is 11.5. The molecule has 2 aromatic carbocycles. The van der Waals surface area contributed by atoms with Gasteiger partial charge < -0.3 is 30.1 Å². The molecular weight excluding hydrogens is 391 g/mol. The smallest absolute Gasteiger partial charge is 0.493 e. The van der Waals surface area contributed by atoms with Gasteiger partial charge in [0.15, 0.2) is 11.5 Å². The van der Waals surface area contributed by atoms with E-state index in [4.69, 9.17) is 20.1 Å². The zero-order valence-corrected chi connectivity index (χ0v) is 16.0. The minimum absolute atomic E-state index is 0.257. The predicted octanol–water partition coefficient (Wildman–Crippen LogP) is 3.06. The van der Waals surface area contributed by atoms with E-state index >= 15 is 0 Å². The molecule has 0 spiro atoms. The SMILES string of the molecule is COc1cc(C=NN)cc(OC)c1OCCNCc1ccc(OC(F)(F)F)cc1. The minimum atomic E-state index is -4.70. The third-order valence-corrected chi connectivity index (χ3v) is 3.72. The average Bonchev–Trinajstić information content (AvgIpc) is 2.68. The highest BCUT2D eigenvalue weighted by molar-refractivity contribution is 5.82. The second kappa shape index (κ2) is 10.4. The number of hydrogen-bond donors (Lipinski definition) is 2. The highest BCUT2D eigenvalue weighted by Gasteiger charge is 2.30. The molecule has 3 N–H and O–H groups in total. The van der Waals surface area contributed by atoms with E-state index < -0.39 is 6.36 Å². The van der Waals surface area contributed by atoms with Crippen LogP contribution in [0.15, 0.2) is 41.5 Å². The molecule has 0 aliphatic rings. The monoisotopic (exact) mass is 413 g/mol. The zero-order valence-electron chi connectivity index (χ0n) is 16.0. The maximum absolute atomic E-state index is 12.2. The Balaban J connectivity index is 1.86. The molecule has 158 valence electrons. The topological polar surface area (TPSA) is 87.3 Å². The third-order valence-electron chi connectivity index (χ3n) is 3.72. The number of nitrogens with one attached hydrogen (secondary N) is 1. The van der Waals surface area contributed by atoms with Crippen molar-refractivity contribution in [1.29, 1.82) is 0 Å². The Morgan fingerprint density at radius 1 is 1.07 bits per heavy atom. The predicted molar refractivity (Wildman–Crippen MR) is 102 cm³/mol. The van der Waals surface area contributed by atoms with Gasteiger partial charge in [0, 0.05) is 18.7 Å². The van der Waals surface area contributed by atoms with Gasteiger partial charge in [0.1, 0.15) is 12.4 Å². The van der Waals surface area contributed by atoms with Gasteiger partial charge in [-0.25, -0.2) is 0 Å². The number of rotatable bonds is 10. The fourth-order valence-electron chi connectivity index (χ4n) is 2.47. The maximum atomic E-state index is 12.2. The maximum Gasteiger partial charge on any atom is 0.573 e. The van der Waals surface area contributed by atoms with Crippen LogP contribution in [-0.2, 0) is 6.54 Å². The summed E-state index contributed by atoms with van der Waals surface area (Å²) in [5.41, 5.74) is 1.50. The van der Waals surface area contributed by atoms with Gasteiger partial charge in [0.05, 0.1) is 20.4 Å². The molecule has 0 amide bonds. The summed E-state index contributed by atoms with van der Waals surface area (Å²) in [6.45, 7) is 1.25. The standard InChI is InChI=1S/C19H22F3N3O4/c1-26-16-9-14(12-25-23)10-17(27-2)18(16)28-8-7-24-11-13-3-5-15(6-4-13)29-19(20,21)22/h3-6,9-10,12,24H,7-8,11,23H2,1-2H3. The first-order valence-electron chi connectivity index (χ1n) is 8.53. The summed E-state index contributed by atoms with van der Waals surface area (Å²) in [4.78, 5) is 0. The molecule has 0 saturated heterocycles. The molecule has 0 unspecified atom stereocenters. The number of methoxy groups -OCH3 is 2. The molecular formula is C19H22F3N3O4. The van der Waals surface area contributed by atoms with E-state index in [1.54, 1.807) is 24.3 Å². The fourth-order valence-corrected chi connectivity index (χ4v) is 2.47. The lowest BCUT2D eigenvalue weighted by Gasteiger charge is -2.15. The molecule has 0 heterocycles. The number of ether oxygens (including phenoxy) is 4. The van der Waals surface area contributed by atoms with Crippen molar-refractivity contribution in [3.05, 3.63) is 47.5 Å². The Morgan fingerprint density at radius 2 is 1.69 bits per heavy atom. The van der Waals surface area contributed by atoms with E-state index in [1.807, 2.05) is 0 Å². The Hall–Kier alpha value is -3.14. The number of halogens is 3. The number of benzene rings is 2. The molecule has 2 aromatic rings. The van der Waals surface area contributed by atoms with Gasteiger partial charge in [-0.3, -0.25) is 0 Å². The van der Waals surface area contributed by atoms with Gasteiger partial charge in [-0.15, -0.1) is 13.2 Å². The number of nitrogens with zero attached hydrogens (tertiary/aromatic N) is 1. The summed E-state index contributed by atoms with van der Waals surface area (Å²) in [5.74, 6) is 6.30. The lowest BCUT2D eigenvalue weighted by atomic mass is 10.2. The van der Waals surface area contributed by atoms with E-state index in [0.29, 0.717) is 42.5 Å². The van der Waals surface area contributed by atoms with Crippen LogP contribution in [0.25, 0.3) is 0 Å². The molecule has 0 atom stereocenters. The summed E-state index contributed by atoms with van der Waals surface area (Å²) >= 11 is 0. The van der Waals surface area contributed by atoms with Crippen LogP contribution in [-0.4, -0.2) is 39.9 Å². The molecule has 10 heteroatoms. The second-order valence-electron chi connectivity index (χ2n) is 5.75. The van der Waals surface area contributed by atoms with Crippen molar-refractivity contribution in [2.75, 3.05) is 27.4 Å². The quantitative estimate of drug-likeness (QED) is 0.269. The molecule has 2 rings (SSSR count). The van der Waals surface area contributed by atoms with Crippen molar-refractivity contribution in [1.82, 2.24) is 5.32 Å². The van der Waals surface area contributed by atoms with Crippen LogP contribution < -0.4 is 30.1 Å². The van der Waals surface area contributed by atoms with Crippen LogP contribution in [0.5, 0.6) is 23.0 Å². The largest absolute Gasteiger partial charge is 0.573 e. The second-order valence-corrected chi connectivity index (χ2v) is 5.75. The Kier molecular flexibility index (Phi) is 7.96. The molecule has 0 aliphatic carbocycles. The average molecular weight is 413 g/mol. The lowest BCUT2D eigenvalue weighted by Crippen LogP contribution is -2.21. The summed E-state index contributed by atoms with van der Waals surface area (Å²) in [5, 5.41) is 6.61. The van der Waals surface area contributed by atoms with E-state index in [0.717, 1.165) is 5.56 Å². The molecule has 7 nitrogen and oxygen atoms in total. The number of hydrazone groups is 1. The minimum Gasteiger partial charge on any atom is -0.493 e. The molecule has 0 aromatic heterocycles. The Bertz CT molecular complexity index is 786. The third kappa shape index (κ3) is 7.07. The molecule has 29 heavy (non-hydrogen) atoms. The highest BCUT2D eigenvalue weighted by atomic mass is 19.4. The van der Waals surface area contributed by atoms with E-state index in [-0.39, 0.29) is 5.75 Å². The van der Waals surface area contributed by atoms with Crippen molar-refractivity contribution >= 4 is 6.21 Å². The Labute approximate surface area is 166 Å². The van der Waals surface area contributed by atoms with Crippen LogP contribution in [0, 0.1) is 0 Å². The van der Waals surface area contributed by atoms with Crippen molar-refractivity contribution < 1.29 is 32.1 Å². The highest BCUT2D eigenvalue weighted by Crippen LogP contribution is 2.38. The van der Waals surface area contributed by atoms with Crippen LogP contribution in [0.1, 0.15) is 11.1 Å². The molecule has 0 fully saturated rings. The van der Waals surface area contributed by atoms with Gasteiger partial charge in [0.2, 0.25) is 5.75 Å². The molecule has 0 saturated carbocycles. The van der Waals surface area contributed by atoms with E-state index in [9.17, 15) is 13.2 Å². The summed E-state index contributed by atoms with van der Waals surface area (Å²) in [6, 6.07) is 9.07. The van der Waals surface area contributed by atoms with Crippen LogP contribution in [0.4, 0.5) is 13.2 Å². The van der Waals surface area contributed by atoms with E-state index in [2.05, 4.69) is 15.2 Å². The van der Waals surface area contributed by atoms with Crippen molar-refractivity contribution in [3.8, 4) is 23.0 Å². The molecule has 0 radical (unpaired) electrons. The fraction of sp³-hybridized carbons (Fsp3) is 0.316. The number of hydrogen-bond acceptors (Lipinski definition) is 7. The van der Waals surface area contributed by atoms with E-state index in [1.165, 1.54) is 32.6 Å². The van der Waals surface area contributed by atoms with Gasteiger partial charge >= 0.3 is 6.36 Å². The summed E-state index contributed by atoms with van der Waals surface area (Å²) in [6.07, 6.45) is -3.24. The van der Waals surface area contributed by atoms with Crippen LogP contribution in [0.3, 0.4) is 0 Å². The summed E-state index contributed by atoms with van der Waals surface area (Å²) in [7, 11) is 3.02. The van der Waals surface area contributed by atoms with Crippen molar-refractivity contribution in [2.24, 2.45) is 10.9 Å². The first-order chi connectivity index (χ1) is 13.9. The molecule has 0 bridgehead atoms. The van der Waals surface area contributed by atoms with Gasteiger partial charge in [-0.05, 0) is 29.8 Å². The first kappa shape index (κ1) is 22.2. The van der Waals surface area contributed by atoms with Gasteiger partial charge in [0.25, 0.3) is 0 Å².